The monoisotopic (exact) mass is 334 g/mol. The number of ether oxygens (including phenoxy) is 1. The van der Waals surface area contributed by atoms with Gasteiger partial charge in [0.25, 0.3) is 0 Å². The highest BCUT2D eigenvalue weighted by Crippen LogP contribution is 2.19. The van der Waals surface area contributed by atoms with E-state index in [0.29, 0.717) is 12.1 Å². The minimum absolute atomic E-state index is 0.331. The summed E-state index contributed by atoms with van der Waals surface area (Å²) in [6.07, 6.45) is 3.55. The average molecular weight is 335 g/mol. The number of carbonyl (C=O) groups is 1. The van der Waals surface area contributed by atoms with Crippen LogP contribution in [0.25, 0.3) is 0 Å². The Morgan fingerprint density at radius 3 is 2.65 bits per heavy atom. The molecule has 5 heteroatoms. The summed E-state index contributed by atoms with van der Waals surface area (Å²) in [6, 6.07) is 9.40. The zero-order valence-electron chi connectivity index (χ0n) is 11.1. The van der Waals surface area contributed by atoms with Crippen molar-refractivity contribution in [2.24, 2.45) is 0 Å². The summed E-state index contributed by atoms with van der Waals surface area (Å²) >= 11 is 3.47. The van der Waals surface area contributed by atoms with Crippen LogP contribution in [0.4, 0.5) is 0 Å². The van der Waals surface area contributed by atoms with Gasteiger partial charge in [0.1, 0.15) is 0 Å². The number of pyridine rings is 1. The van der Waals surface area contributed by atoms with Crippen LogP contribution in [0.5, 0.6) is 0 Å². The molecule has 2 aromatic rings. The van der Waals surface area contributed by atoms with Gasteiger partial charge in [-0.2, -0.15) is 0 Å². The maximum Gasteiger partial charge on any atom is 0.337 e. The van der Waals surface area contributed by atoms with Crippen LogP contribution in [0.2, 0.25) is 0 Å². The van der Waals surface area contributed by atoms with E-state index in [-0.39, 0.29) is 5.97 Å². The Hall–Kier alpha value is -1.72. The van der Waals surface area contributed by atoms with Crippen LogP contribution in [0.15, 0.2) is 47.2 Å². The summed E-state index contributed by atoms with van der Waals surface area (Å²) in [7, 11) is 1.38. The van der Waals surface area contributed by atoms with Crippen molar-refractivity contribution < 1.29 is 9.53 Å². The molecular formula is C15H15BrN2O2. The molecular weight excluding hydrogens is 320 g/mol. The molecule has 0 aliphatic rings. The van der Waals surface area contributed by atoms with Crippen molar-refractivity contribution in [1.82, 2.24) is 10.3 Å². The van der Waals surface area contributed by atoms with Gasteiger partial charge in [-0.1, -0.05) is 22.0 Å². The molecule has 0 fully saturated rings. The number of methoxy groups -OCH3 is 1. The fourth-order valence-corrected chi connectivity index (χ4v) is 2.30. The zero-order valence-corrected chi connectivity index (χ0v) is 12.7. The summed E-state index contributed by atoms with van der Waals surface area (Å²) < 4.78 is 5.58. The first-order chi connectivity index (χ1) is 9.70. The normalized spacial score (nSPS) is 10.3. The molecule has 0 unspecified atom stereocenters. The van der Waals surface area contributed by atoms with Crippen LogP contribution in [-0.2, 0) is 17.8 Å². The van der Waals surface area contributed by atoms with E-state index in [0.717, 1.165) is 16.6 Å². The van der Waals surface area contributed by atoms with Gasteiger partial charge in [0.15, 0.2) is 0 Å². The van der Waals surface area contributed by atoms with Crippen LogP contribution in [-0.4, -0.2) is 18.1 Å². The first kappa shape index (κ1) is 14.7. The van der Waals surface area contributed by atoms with Gasteiger partial charge in [-0.15, -0.1) is 0 Å². The summed E-state index contributed by atoms with van der Waals surface area (Å²) in [5.74, 6) is -0.331. The summed E-state index contributed by atoms with van der Waals surface area (Å²) in [5, 5.41) is 3.35. The van der Waals surface area contributed by atoms with Gasteiger partial charge in [-0.3, -0.25) is 4.98 Å². The number of carbonyl (C=O) groups excluding carboxylic acids is 1. The fourth-order valence-electron chi connectivity index (χ4n) is 1.78. The lowest BCUT2D eigenvalue weighted by molar-refractivity contribution is 0.0600. The van der Waals surface area contributed by atoms with Gasteiger partial charge >= 0.3 is 5.97 Å². The number of nitrogens with one attached hydrogen (secondary N) is 1. The number of aromatic nitrogens is 1. The Kier molecular flexibility index (Phi) is 5.26. The maximum atomic E-state index is 11.4. The topological polar surface area (TPSA) is 51.2 Å². The number of benzene rings is 1. The maximum absolute atomic E-state index is 11.4. The van der Waals surface area contributed by atoms with E-state index in [9.17, 15) is 4.79 Å². The van der Waals surface area contributed by atoms with Gasteiger partial charge < -0.3 is 10.1 Å². The highest BCUT2D eigenvalue weighted by atomic mass is 79.9. The van der Waals surface area contributed by atoms with E-state index >= 15 is 0 Å². The van der Waals surface area contributed by atoms with Crippen molar-refractivity contribution in [3.63, 3.8) is 0 Å². The van der Waals surface area contributed by atoms with Crippen LogP contribution >= 0.6 is 15.9 Å². The molecule has 0 saturated carbocycles. The van der Waals surface area contributed by atoms with Crippen LogP contribution < -0.4 is 5.32 Å². The van der Waals surface area contributed by atoms with E-state index in [4.69, 9.17) is 0 Å². The number of rotatable bonds is 5. The van der Waals surface area contributed by atoms with Gasteiger partial charge in [-0.05, 0) is 35.4 Å². The lowest BCUT2D eigenvalue weighted by Gasteiger charge is -2.08. The zero-order chi connectivity index (χ0) is 14.4. The molecule has 2 rings (SSSR count). The third-order valence-corrected chi connectivity index (χ3v) is 3.61. The third-order valence-electron chi connectivity index (χ3n) is 2.87. The van der Waals surface area contributed by atoms with Crippen molar-refractivity contribution in [1.29, 1.82) is 0 Å². The average Bonchev–Trinajstić information content (AvgIpc) is 2.49. The van der Waals surface area contributed by atoms with Gasteiger partial charge in [0.2, 0.25) is 0 Å². The second-order valence-corrected chi connectivity index (χ2v) is 5.11. The standard InChI is InChI=1S/C15H15BrN2O2/c1-20-15(19)12-2-3-13(14(16)8-12)10-18-9-11-4-6-17-7-5-11/h2-8,18H,9-10H2,1H3. The van der Waals surface area contributed by atoms with Crippen LogP contribution in [0.1, 0.15) is 21.5 Å². The Morgan fingerprint density at radius 1 is 1.25 bits per heavy atom. The van der Waals surface area contributed by atoms with Crippen LogP contribution in [0, 0.1) is 0 Å². The first-order valence-electron chi connectivity index (χ1n) is 6.17. The lowest BCUT2D eigenvalue weighted by atomic mass is 10.1. The van der Waals surface area contributed by atoms with Gasteiger partial charge in [-0.25, -0.2) is 4.79 Å². The third kappa shape index (κ3) is 3.88. The number of hydrogen-bond donors (Lipinski definition) is 1. The molecule has 1 N–H and O–H groups in total. The number of halogens is 1. The molecule has 4 nitrogen and oxygen atoms in total. The van der Waals surface area contributed by atoms with E-state index in [2.05, 4.69) is 31.0 Å². The van der Waals surface area contributed by atoms with Crippen LogP contribution in [0.3, 0.4) is 0 Å². The highest BCUT2D eigenvalue weighted by molar-refractivity contribution is 9.10. The Labute approximate surface area is 126 Å². The second-order valence-electron chi connectivity index (χ2n) is 4.26. The molecule has 0 saturated heterocycles. The SMILES string of the molecule is COC(=O)c1ccc(CNCc2ccncc2)c(Br)c1. The molecule has 0 bridgehead atoms. The molecule has 1 aromatic heterocycles. The predicted molar refractivity (Wildman–Crippen MR) is 80.3 cm³/mol. The molecule has 0 atom stereocenters. The van der Waals surface area contributed by atoms with Crippen molar-refractivity contribution in [2.75, 3.05) is 7.11 Å². The van der Waals surface area contributed by atoms with Gasteiger partial charge in [0.05, 0.1) is 12.7 Å². The Morgan fingerprint density at radius 2 is 2.00 bits per heavy atom. The van der Waals surface area contributed by atoms with Gasteiger partial charge in [0, 0.05) is 30.0 Å². The lowest BCUT2D eigenvalue weighted by Crippen LogP contribution is -2.13. The Balaban J connectivity index is 1.95. The molecule has 104 valence electrons. The largest absolute Gasteiger partial charge is 0.465 e. The number of nitrogens with zero attached hydrogens (tertiary/aromatic N) is 1. The summed E-state index contributed by atoms with van der Waals surface area (Å²) in [6.45, 7) is 1.48. The van der Waals surface area contributed by atoms with E-state index in [1.807, 2.05) is 18.2 Å². The van der Waals surface area contributed by atoms with E-state index in [1.54, 1.807) is 24.5 Å². The summed E-state index contributed by atoms with van der Waals surface area (Å²) in [5.41, 5.74) is 2.81. The molecule has 0 aliphatic heterocycles. The molecule has 0 radical (unpaired) electrons. The number of esters is 1. The highest BCUT2D eigenvalue weighted by Gasteiger charge is 2.08. The molecule has 1 aromatic carbocycles. The van der Waals surface area contributed by atoms with Crippen molar-refractivity contribution in [3.05, 3.63) is 63.9 Å². The fraction of sp³-hybridized carbons (Fsp3) is 0.200. The first-order valence-corrected chi connectivity index (χ1v) is 6.96. The van der Waals surface area contributed by atoms with E-state index < -0.39 is 0 Å². The Bertz CT molecular complexity index is 588. The summed E-state index contributed by atoms with van der Waals surface area (Å²) in [4.78, 5) is 15.4. The number of hydrogen-bond acceptors (Lipinski definition) is 4. The molecule has 0 aliphatic carbocycles. The van der Waals surface area contributed by atoms with Crippen molar-refractivity contribution in [3.8, 4) is 0 Å². The molecule has 1 heterocycles. The smallest absolute Gasteiger partial charge is 0.337 e. The molecule has 20 heavy (non-hydrogen) atoms. The second kappa shape index (κ2) is 7.17. The predicted octanol–water partition coefficient (Wildman–Crippen LogP) is 2.92. The minimum atomic E-state index is -0.331. The quantitative estimate of drug-likeness (QED) is 0.854. The van der Waals surface area contributed by atoms with Crippen molar-refractivity contribution in [2.45, 2.75) is 13.1 Å². The molecule has 0 spiro atoms. The van der Waals surface area contributed by atoms with Crippen molar-refractivity contribution >= 4 is 21.9 Å². The molecule has 0 amide bonds. The van der Waals surface area contributed by atoms with E-state index in [1.165, 1.54) is 12.7 Å². The minimum Gasteiger partial charge on any atom is -0.465 e.